The largest absolute Gasteiger partial charge is 0.506 e. The van der Waals surface area contributed by atoms with Crippen LogP contribution in [0.4, 0.5) is 5.82 Å². The Kier molecular flexibility index (Phi) is 0.879. The first kappa shape index (κ1) is 5.21. The van der Waals surface area contributed by atoms with E-state index in [1.54, 1.807) is 12.1 Å². The van der Waals surface area contributed by atoms with Gasteiger partial charge in [-0.3, -0.25) is 0 Å². The minimum Gasteiger partial charge on any atom is -0.506 e. The van der Waals surface area contributed by atoms with Crippen LogP contribution in [0.1, 0.15) is 5.56 Å². The van der Waals surface area contributed by atoms with E-state index in [1.807, 2.05) is 0 Å². The quantitative estimate of drug-likeness (QED) is 0.583. The summed E-state index contributed by atoms with van der Waals surface area (Å²) >= 11 is 0. The topological polar surface area (TPSA) is 45.5 Å². The van der Waals surface area contributed by atoms with Crippen molar-refractivity contribution in [2.45, 2.75) is 0 Å². The number of fused-ring (bicyclic) bond motifs is 1. The first-order valence-corrected chi connectivity index (χ1v) is 2.85. The van der Waals surface area contributed by atoms with Crippen molar-refractivity contribution in [1.29, 1.82) is 0 Å². The van der Waals surface area contributed by atoms with Crippen LogP contribution in [0.2, 0.25) is 0 Å². The van der Waals surface area contributed by atoms with Crippen LogP contribution in [-0.2, 0) is 0 Å². The molecule has 0 saturated heterocycles. The Morgan fingerprint density at radius 3 is 3.30 bits per heavy atom. The van der Waals surface area contributed by atoms with Crippen molar-refractivity contribution in [3.63, 3.8) is 0 Å². The fourth-order valence-corrected chi connectivity index (χ4v) is 0.826. The molecule has 0 aliphatic carbocycles. The molecule has 0 aromatic carbocycles. The van der Waals surface area contributed by atoms with E-state index in [-0.39, 0.29) is 5.75 Å². The molecule has 1 aliphatic rings. The zero-order valence-electron chi connectivity index (χ0n) is 5.07. The fourth-order valence-electron chi connectivity index (χ4n) is 0.826. The van der Waals surface area contributed by atoms with Gasteiger partial charge in [-0.05, 0) is 11.9 Å². The molecule has 0 radical (unpaired) electrons. The van der Waals surface area contributed by atoms with Gasteiger partial charge in [0.15, 0.2) is 5.82 Å². The standard InChI is InChI=1S/C7H4N2O/c10-6-3-5-1-2-8-7(5)9-4-6/h1,3-4,10H. The van der Waals surface area contributed by atoms with Gasteiger partial charge in [0.05, 0.1) is 6.20 Å². The van der Waals surface area contributed by atoms with Crippen LogP contribution >= 0.6 is 0 Å². The highest BCUT2D eigenvalue weighted by Crippen LogP contribution is 2.23. The maximum atomic E-state index is 8.94. The average Bonchev–Trinajstić information content (AvgIpc) is 2.33. The third kappa shape index (κ3) is 0.616. The zero-order chi connectivity index (χ0) is 6.97. The van der Waals surface area contributed by atoms with Crippen molar-refractivity contribution in [2.75, 3.05) is 0 Å². The van der Waals surface area contributed by atoms with Crippen LogP contribution in [0.5, 0.6) is 5.75 Å². The molecule has 0 saturated carbocycles. The second-order valence-corrected chi connectivity index (χ2v) is 1.99. The predicted octanol–water partition coefficient (Wildman–Crippen LogP) is 1.12. The molecule has 2 heterocycles. The normalized spacial score (nSPS) is 12.0. The van der Waals surface area contributed by atoms with Gasteiger partial charge in [-0.15, -0.1) is 0 Å². The summed E-state index contributed by atoms with van der Waals surface area (Å²) < 4.78 is 0. The molecule has 0 unspecified atom stereocenters. The Morgan fingerprint density at radius 1 is 1.50 bits per heavy atom. The maximum absolute atomic E-state index is 8.94. The number of nitrogens with zero attached hydrogens (tertiary/aromatic N) is 2. The predicted molar refractivity (Wildman–Crippen MR) is 37.5 cm³/mol. The van der Waals surface area contributed by atoms with Gasteiger partial charge in [0.25, 0.3) is 0 Å². The third-order valence-corrected chi connectivity index (χ3v) is 1.27. The van der Waals surface area contributed by atoms with Crippen molar-refractivity contribution in [1.82, 2.24) is 4.98 Å². The van der Waals surface area contributed by atoms with Gasteiger partial charge in [-0.25, -0.2) is 4.98 Å². The molecule has 48 valence electrons. The van der Waals surface area contributed by atoms with Crippen LogP contribution in [0.3, 0.4) is 0 Å². The summed E-state index contributed by atoms with van der Waals surface area (Å²) in [5, 5.41) is 8.94. The summed E-state index contributed by atoms with van der Waals surface area (Å²) in [6.45, 7) is 0. The second kappa shape index (κ2) is 1.69. The Hall–Kier alpha value is -1.60. The maximum Gasteiger partial charge on any atom is 0.169 e. The van der Waals surface area contributed by atoms with E-state index >= 15 is 0 Å². The number of pyridine rings is 1. The van der Waals surface area contributed by atoms with E-state index in [0.717, 1.165) is 5.56 Å². The lowest BCUT2D eigenvalue weighted by molar-refractivity contribution is 0.472. The van der Waals surface area contributed by atoms with Crippen molar-refractivity contribution >= 4 is 17.8 Å². The molecule has 0 fully saturated rings. The van der Waals surface area contributed by atoms with Crippen LogP contribution in [0.25, 0.3) is 6.08 Å². The highest BCUT2D eigenvalue weighted by Gasteiger charge is 2.03. The summed E-state index contributed by atoms with van der Waals surface area (Å²) in [6, 6.07) is 1.60. The number of aliphatic imine (C=N–C) groups is 1. The Bertz CT molecular complexity index is 337. The van der Waals surface area contributed by atoms with E-state index < -0.39 is 0 Å². The molecule has 0 atom stereocenters. The van der Waals surface area contributed by atoms with Gasteiger partial charge < -0.3 is 5.11 Å². The van der Waals surface area contributed by atoms with Gasteiger partial charge in [-0.1, -0.05) is 0 Å². The summed E-state index contributed by atoms with van der Waals surface area (Å²) in [6.07, 6.45) is 3.05. The molecule has 1 aliphatic heterocycles. The lowest BCUT2D eigenvalue weighted by Crippen LogP contribution is -1.75. The summed E-state index contributed by atoms with van der Waals surface area (Å²) in [5.41, 5.74) is 0.819. The van der Waals surface area contributed by atoms with Crippen LogP contribution in [0.15, 0.2) is 17.3 Å². The molecule has 3 heteroatoms. The smallest absolute Gasteiger partial charge is 0.169 e. The highest BCUT2D eigenvalue weighted by atomic mass is 16.3. The first-order valence-electron chi connectivity index (χ1n) is 2.85. The lowest BCUT2D eigenvalue weighted by Gasteiger charge is -1.93. The molecule has 1 N–H and O–H groups in total. The van der Waals surface area contributed by atoms with E-state index in [4.69, 9.17) is 5.11 Å². The Balaban J connectivity index is 2.67. The second-order valence-electron chi connectivity index (χ2n) is 1.99. The molecule has 0 bridgehead atoms. The minimum absolute atomic E-state index is 0.161. The summed E-state index contributed by atoms with van der Waals surface area (Å²) in [5.74, 6) is 3.43. The molecule has 0 amide bonds. The van der Waals surface area contributed by atoms with Crippen molar-refractivity contribution in [3.05, 3.63) is 17.8 Å². The summed E-state index contributed by atoms with van der Waals surface area (Å²) in [7, 11) is 0. The Morgan fingerprint density at radius 2 is 2.40 bits per heavy atom. The van der Waals surface area contributed by atoms with Crippen molar-refractivity contribution < 1.29 is 5.11 Å². The van der Waals surface area contributed by atoms with E-state index in [1.165, 1.54) is 6.20 Å². The van der Waals surface area contributed by atoms with Gasteiger partial charge in [0.2, 0.25) is 0 Å². The molecule has 1 aromatic rings. The first-order chi connectivity index (χ1) is 4.86. The van der Waals surface area contributed by atoms with Crippen molar-refractivity contribution in [3.8, 4) is 5.75 Å². The Labute approximate surface area is 57.4 Å². The van der Waals surface area contributed by atoms with Gasteiger partial charge in [0.1, 0.15) is 5.75 Å². The number of rotatable bonds is 0. The van der Waals surface area contributed by atoms with E-state index in [9.17, 15) is 0 Å². The summed E-state index contributed by atoms with van der Waals surface area (Å²) in [4.78, 5) is 7.66. The van der Waals surface area contributed by atoms with Crippen LogP contribution < -0.4 is 0 Å². The SMILES string of the molecule is Oc1cnc2c(c1)C=C=N2. The molecular formula is C7H4N2O. The molecule has 0 spiro atoms. The van der Waals surface area contributed by atoms with Gasteiger partial charge >= 0.3 is 0 Å². The van der Waals surface area contributed by atoms with Crippen LogP contribution in [0, 0.1) is 0 Å². The third-order valence-electron chi connectivity index (χ3n) is 1.27. The number of hydrogen-bond donors (Lipinski definition) is 1. The molecular weight excluding hydrogens is 128 g/mol. The number of hydrogen-bond acceptors (Lipinski definition) is 3. The molecule has 3 nitrogen and oxygen atoms in total. The average molecular weight is 132 g/mol. The zero-order valence-corrected chi connectivity index (χ0v) is 5.07. The van der Waals surface area contributed by atoms with E-state index in [2.05, 4.69) is 15.8 Å². The molecule has 2 rings (SSSR count). The molecule has 1 aromatic heterocycles. The minimum atomic E-state index is 0.161. The number of aromatic nitrogens is 1. The van der Waals surface area contributed by atoms with Crippen molar-refractivity contribution in [2.24, 2.45) is 4.99 Å². The monoisotopic (exact) mass is 132 g/mol. The molecule has 10 heavy (non-hydrogen) atoms. The lowest BCUT2D eigenvalue weighted by atomic mass is 10.3. The fraction of sp³-hybridized carbons (Fsp3) is 0. The van der Waals surface area contributed by atoms with E-state index in [0.29, 0.717) is 5.82 Å². The van der Waals surface area contributed by atoms with Gasteiger partial charge in [-0.2, -0.15) is 4.99 Å². The number of aromatic hydroxyl groups is 1. The highest BCUT2D eigenvalue weighted by molar-refractivity contribution is 5.88. The van der Waals surface area contributed by atoms with Gasteiger partial charge in [0, 0.05) is 11.6 Å². The van der Waals surface area contributed by atoms with Crippen LogP contribution in [-0.4, -0.2) is 16.0 Å².